The van der Waals surface area contributed by atoms with Crippen molar-refractivity contribution in [3.05, 3.63) is 93.4 Å². The number of aliphatic hydroxyl groups excluding tert-OH is 1. The van der Waals surface area contributed by atoms with Crippen molar-refractivity contribution in [2.24, 2.45) is 14.1 Å². The van der Waals surface area contributed by atoms with E-state index in [2.05, 4.69) is 10.7 Å². The van der Waals surface area contributed by atoms with E-state index in [0.29, 0.717) is 51.6 Å². The van der Waals surface area contributed by atoms with Crippen molar-refractivity contribution < 1.29 is 24.1 Å². The number of aliphatic hydroxyl groups is 1. The first-order valence-electron chi connectivity index (χ1n) is 16.4. The molecular weight excluding hydrogens is 697 g/mol. The molecule has 0 unspecified atom stereocenters. The zero-order chi connectivity index (χ0) is 35.1. The van der Waals surface area contributed by atoms with Crippen LogP contribution in [0.5, 0.6) is 5.75 Å². The van der Waals surface area contributed by atoms with Crippen LogP contribution in [0.1, 0.15) is 51.7 Å². The van der Waals surface area contributed by atoms with Crippen molar-refractivity contribution in [1.29, 1.82) is 0 Å². The average Bonchev–Trinajstić information content (AvgIpc) is 3.84. The molecule has 0 aliphatic carbocycles. The number of carbonyl (C=O) groups is 1. The fourth-order valence-electron chi connectivity index (χ4n) is 7.04. The molecule has 0 radical (unpaired) electrons. The Morgan fingerprint density at radius 2 is 1.86 bits per heavy atom. The minimum absolute atomic E-state index is 0.0175. The zero-order valence-electron chi connectivity index (χ0n) is 28.0. The Morgan fingerprint density at radius 1 is 1.04 bits per heavy atom. The van der Waals surface area contributed by atoms with Gasteiger partial charge in [-0.25, -0.2) is 9.18 Å². The predicted octanol–water partition coefficient (Wildman–Crippen LogP) is 7.81. The van der Waals surface area contributed by atoms with E-state index in [1.807, 2.05) is 41.5 Å². The minimum Gasteiger partial charge on any atom is -0.507 e. The summed E-state index contributed by atoms with van der Waals surface area (Å²) in [5.74, 6) is 1.33. The van der Waals surface area contributed by atoms with Crippen LogP contribution in [0.3, 0.4) is 0 Å². The van der Waals surface area contributed by atoms with Gasteiger partial charge in [-0.3, -0.25) is 9.36 Å². The van der Waals surface area contributed by atoms with Gasteiger partial charge in [0.1, 0.15) is 17.3 Å². The highest BCUT2D eigenvalue weighted by Crippen LogP contribution is 2.44. The summed E-state index contributed by atoms with van der Waals surface area (Å²) in [6, 6.07) is 13.9. The predicted molar refractivity (Wildman–Crippen MR) is 198 cm³/mol. The van der Waals surface area contributed by atoms with E-state index in [-0.39, 0.29) is 18.2 Å². The second-order valence-corrected chi connectivity index (χ2v) is 14.9. The quantitative estimate of drug-likeness (QED) is 0.0970. The van der Waals surface area contributed by atoms with Gasteiger partial charge in [-0.05, 0) is 79.1 Å². The van der Waals surface area contributed by atoms with E-state index in [4.69, 9.17) is 26.5 Å². The van der Waals surface area contributed by atoms with Crippen LogP contribution in [0.2, 0.25) is 5.02 Å². The number of aryl methyl sites for hydroxylation is 4. The first-order chi connectivity index (χ1) is 24.2. The molecule has 2 N–H and O–H groups in total. The Labute approximate surface area is 302 Å². The molecule has 0 fully saturated rings. The molecule has 13 heteroatoms. The molecule has 9 nitrogen and oxygen atoms in total. The number of hydrogen-bond acceptors (Lipinski definition) is 8. The van der Waals surface area contributed by atoms with Gasteiger partial charge in [0.2, 0.25) is 0 Å². The zero-order valence-corrected chi connectivity index (χ0v) is 30.4. The van der Waals surface area contributed by atoms with Crippen LogP contribution in [0.15, 0.2) is 53.4 Å². The average molecular weight is 734 g/mol. The molecule has 0 atom stereocenters. The normalized spacial score (nSPS) is 12.8. The lowest BCUT2D eigenvalue weighted by Gasteiger charge is -2.12. The molecule has 3 aromatic heterocycles. The van der Waals surface area contributed by atoms with E-state index in [1.54, 1.807) is 35.7 Å². The molecule has 1 aliphatic heterocycles. The number of phenols is 1. The Hall–Kier alpha value is -3.97. The summed E-state index contributed by atoms with van der Waals surface area (Å²) in [6.45, 7) is 0.859. The van der Waals surface area contributed by atoms with Crippen LogP contribution in [-0.4, -0.2) is 54.0 Å². The number of esters is 1. The van der Waals surface area contributed by atoms with Crippen molar-refractivity contribution in [3.63, 3.8) is 0 Å². The number of benzene rings is 3. The van der Waals surface area contributed by atoms with Gasteiger partial charge in [-0.1, -0.05) is 17.7 Å². The standard InChI is InChI=1S/C37H37ClFN5O4S2/c1-42-35-28(27(6-5-13-45)36(42)37(47)48-3)10-11-29(38)33(35)34-30(41-44-12-4-7-31(34)44)20-49-18-23-16-24(43(2)40-23)19-50-25-15-21-14-22(39)8-9-26(21)32(46)17-25/h8-11,14-17,45-46H,4-7,12-13,18-20H2,1-3H3. The van der Waals surface area contributed by atoms with Crippen molar-refractivity contribution in [2.75, 3.05) is 13.7 Å². The van der Waals surface area contributed by atoms with Crippen LogP contribution >= 0.6 is 35.1 Å². The summed E-state index contributed by atoms with van der Waals surface area (Å²) in [6.07, 6.45) is 2.94. The summed E-state index contributed by atoms with van der Waals surface area (Å²) in [7, 11) is 5.18. The van der Waals surface area contributed by atoms with Crippen LogP contribution in [0, 0.1) is 5.82 Å². The number of ether oxygens (including phenoxy) is 1. The maximum atomic E-state index is 13.8. The summed E-state index contributed by atoms with van der Waals surface area (Å²) < 4.78 is 24.9. The van der Waals surface area contributed by atoms with E-state index in [9.17, 15) is 19.4 Å². The smallest absolute Gasteiger partial charge is 0.354 e. The molecule has 0 saturated heterocycles. The monoisotopic (exact) mass is 733 g/mol. The molecule has 0 spiro atoms. The number of aromatic nitrogens is 5. The number of aromatic hydroxyl groups is 1. The number of thioether (sulfide) groups is 2. The molecular formula is C37H37ClFN5O4S2. The van der Waals surface area contributed by atoms with Gasteiger partial charge in [0.05, 0.1) is 29.0 Å². The number of carbonyl (C=O) groups excluding carboxylic acids is 1. The largest absolute Gasteiger partial charge is 0.507 e. The molecule has 3 aromatic carbocycles. The SMILES string of the molecule is COC(=O)c1c(CCCO)c2ccc(Cl)c(-c3c(CSCc4cc(CSc5cc(O)c6ccc(F)cc6c5)n(C)n4)nn4c3CCC4)c2n1C. The molecule has 1 aliphatic rings. The number of fused-ring (bicyclic) bond motifs is 3. The summed E-state index contributed by atoms with van der Waals surface area (Å²) in [5, 5.41) is 32.7. The van der Waals surface area contributed by atoms with Gasteiger partial charge in [0.25, 0.3) is 0 Å². The maximum absolute atomic E-state index is 13.8. The Bertz CT molecular complexity index is 2260. The third-order valence-electron chi connectivity index (χ3n) is 9.31. The number of nitrogens with zero attached hydrogens (tertiary/aromatic N) is 5. The van der Waals surface area contributed by atoms with Gasteiger partial charge in [0.15, 0.2) is 0 Å². The maximum Gasteiger partial charge on any atom is 0.354 e. The number of rotatable bonds is 12. The lowest BCUT2D eigenvalue weighted by Crippen LogP contribution is -2.10. The number of phenolic OH excluding ortho intramolecular Hbond substituents is 1. The highest BCUT2D eigenvalue weighted by Gasteiger charge is 2.30. The number of hydrogen-bond donors (Lipinski definition) is 2. The summed E-state index contributed by atoms with van der Waals surface area (Å²) >= 11 is 10.3. The third kappa shape index (κ3) is 6.38. The van der Waals surface area contributed by atoms with Crippen molar-refractivity contribution in [3.8, 4) is 16.9 Å². The van der Waals surface area contributed by atoms with E-state index in [0.717, 1.165) is 74.7 Å². The van der Waals surface area contributed by atoms with Crippen molar-refractivity contribution in [1.82, 2.24) is 24.1 Å². The van der Waals surface area contributed by atoms with E-state index >= 15 is 0 Å². The first kappa shape index (κ1) is 34.5. The summed E-state index contributed by atoms with van der Waals surface area (Å²) in [5.41, 5.74) is 8.12. The van der Waals surface area contributed by atoms with Gasteiger partial charge >= 0.3 is 5.97 Å². The molecule has 0 bridgehead atoms. The van der Waals surface area contributed by atoms with Crippen LogP contribution < -0.4 is 0 Å². The van der Waals surface area contributed by atoms with Crippen LogP contribution in [-0.2, 0) is 55.5 Å². The molecule has 50 heavy (non-hydrogen) atoms. The molecule has 4 heterocycles. The first-order valence-corrected chi connectivity index (χ1v) is 18.9. The van der Waals surface area contributed by atoms with Crippen LogP contribution in [0.25, 0.3) is 32.8 Å². The lowest BCUT2D eigenvalue weighted by atomic mass is 9.97. The lowest BCUT2D eigenvalue weighted by molar-refractivity contribution is 0.0589. The van der Waals surface area contributed by atoms with Gasteiger partial charge in [-0.15, -0.1) is 23.5 Å². The van der Waals surface area contributed by atoms with Gasteiger partial charge < -0.3 is 19.5 Å². The molecule has 260 valence electrons. The fourth-order valence-corrected chi connectivity index (χ4v) is 9.13. The summed E-state index contributed by atoms with van der Waals surface area (Å²) in [4.78, 5) is 13.9. The minimum atomic E-state index is -0.423. The second kappa shape index (κ2) is 14.3. The molecule has 7 rings (SSSR count). The van der Waals surface area contributed by atoms with E-state index in [1.165, 1.54) is 19.2 Å². The molecule has 0 amide bonds. The second-order valence-electron chi connectivity index (χ2n) is 12.5. The Kier molecular flexibility index (Phi) is 9.89. The van der Waals surface area contributed by atoms with Crippen LogP contribution in [0.4, 0.5) is 4.39 Å². The van der Waals surface area contributed by atoms with Crippen molar-refractivity contribution >= 4 is 62.8 Å². The topological polar surface area (TPSA) is 107 Å². The molecule has 0 saturated carbocycles. The Morgan fingerprint density at radius 3 is 2.66 bits per heavy atom. The third-order valence-corrected chi connectivity index (χ3v) is 11.6. The Balaban J connectivity index is 1.14. The highest BCUT2D eigenvalue weighted by molar-refractivity contribution is 7.98. The van der Waals surface area contributed by atoms with Gasteiger partial charge in [0, 0.05) is 82.7 Å². The number of halogens is 2. The van der Waals surface area contributed by atoms with Crippen molar-refractivity contribution in [2.45, 2.75) is 54.4 Å². The highest BCUT2D eigenvalue weighted by atomic mass is 35.5. The fraction of sp³-hybridized carbons (Fsp3) is 0.324. The van der Waals surface area contributed by atoms with Gasteiger partial charge in [-0.2, -0.15) is 10.2 Å². The van der Waals surface area contributed by atoms with E-state index < -0.39 is 5.97 Å². The number of methoxy groups -OCH3 is 1. The molecule has 6 aromatic rings.